The van der Waals surface area contributed by atoms with Gasteiger partial charge in [0.2, 0.25) is 5.96 Å². The van der Waals surface area contributed by atoms with Gasteiger partial charge in [-0.25, -0.2) is 4.99 Å². The molecule has 1 aromatic carbocycles. The van der Waals surface area contributed by atoms with Crippen LogP contribution in [0.1, 0.15) is 34.1 Å². The van der Waals surface area contributed by atoms with Crippen LogP contribution in [0.15, 0.2) is 23.2 Å². The first kappa shape index (κ1) is 18.8. The van der Waals surface area contributed by atoms with E-state index in [4.69, 9.17) is 28.5 Å². The van der Waals surface area contributed by atoms with Crippen LogP contribution < -0.4 is 10.6 Å². The van der Waals surface area contributed by atoms with E-state index in [1.165, 1.54) is 0 Å². The van der Waals surface area contributed by atoms with Gasteiger partial charge in [-0.1, -0.05) is 29.3 Å². The number of rotatable bonds is 2. The minimum atomic E-state index is -0.689. The van der Waals surface area contributed by atoms with E-state index in [1.54, 1.807) is 18.2 Å². The number of anilines is 1. The van der Waals surface area contributed by atoms with Crippen LogP contribution >= 0.6 is 23.2 Å². The smallest absolute Gasteiger partial charge is 0.209 e. The molecule has 129 valence electrons. The SMILES string of the molecule is CC1(C)CC(N=C(NC#N)Nc2cccc(Cl)c2Cl)C(C)(C)N1[O]. The Morgan fingerprint density at radius 1 is 1.38 bits per heavy atom. The Morgan fingerprint density at radius 2 is 2.04 bits per heavy atom. The summed E-state index contributed by atoms with van der Waals surface area (Å²) in [7, 11) is 0. The first-order valence-corrected chi connectivity index (χ1v) is 8.26. The van der Waals surface area contributed by atoms with E-state index >= 15 is 0 Å². The molecule has 2 N–H and O–H groups in total. The van der Waals surface area contributed by atoms with E-state index in [9.17, 15) is 5.21 Å². The maximum atomic E-state index is 12.5. The van der Waals surface area contributed by atoms with Crippen molar-refractivity contribution < 1.29 is 5.21 Å². The van der Waals surface area contributed by atoms with Crippen LogP contribution in [0.4, 0.5) is 5.69 Å². The second kappa shape index (κ2) is 6.77. The lowest BCUT2D eigenvalue weighted by molar-refractivity contribution is -0.245. The van der Waals surface area contributed by atoms with E-state index in [0.29, 0.717) is 22.2 Å². The van der Waals surface area contributed by atoms with Crippen LogP contribution in [0.5, 0.6) is 0 Å². The monoisotopic (exact) mass is 368 g/mol. The minimum absolute atomic E-state index is 0.228. The van der Waals surface area contributed by atoms with E-state index in [2.05, 4.69) is 15.6 Å². The van der Waals surface area contributed by atoms with Crippen molar-refractivity contribution in [2.45, 2.75) is 51.2 Å². The Hall–Kier alpha value is -1.52. The van der Waals surface area contributed by atoms with Gasteiger partial charge >= 0.3 is 0 Å². The van der Waals surface area contributed by atoms with Crippen molar-refractivity contribution in [2.75, 3.05) is 5.32 Å². The molecule has 2 rings (SSSR count). The summed E-state index contributed by atoms with van der Waals surface area (Å²) in [6.45, 7) is 7.46. The van der Waals surface area contributed by atoms with Crippen molar-refractivity contribution >= 4 is 34.8 Å². The first-order chi connectivity index (χ1) is 11.1. The zero-order valence-electron chi connectivity index (χ0n) is 14.0. The Labute approximate surface area is 152 Å². The number of benzene rings is 1. The third-order valence-corrected chi connectivity index (χ3v) is 5.06. The summed E-state index contributed by atoms with van der Waals surface area (Å²) in [4.78, 5) is 4.56. The quantitative estimate of drug-likeness (QED) is 0.359. The summed E-state index contributed by atoms with van der Waals surface area (Å²) in [6, 6.07) is 4.85. The van der Waals surface area contributed by atoms with Gasteiger partial charge in [-0.05, 0) is 46.2 Å². The van der Waals surface area contributed by atoms with Crippen molar-refractivity contribution in [3.05, 3.63) is 28.2 Å². The third kappa shape index (κ3) is 3.60. The normalized spacial score (nSPS) is 22.9. The highest BCUT2D eigenvalue weighted by Crippen LogP contribution is 2.41. The van der Waals surface area contributed by atoms with Gasteiger partial charge in [0.25, 0.3) is 0 Å². The Morgan fingerprint density at radius 3 is 2.58 bits per heavy atom. The van der Waals surface area contributed by atoms with Crippen LogP contribution in [0.25, 0.3) is 0 Å². The average Bonchev–Trinajstić information content (AvgIpc) is 2.64. The molecule has 1 heterocycles. The molecule has 0 aliphatic carbocycles. The van der Waals surface area contributed by atoms with Crippen molar-refractivity contribution in [3.8, 4) is 6.19 Å². The number of hydroxylamine groups is 2. The maximum Gasteiger partial charge on any atom is 0.209 e. The fourth-order valence-corrected chi connectivity index (χ4v) is 3.31. The molecule has 1 aliphatic heterocycles. The van der Waals surface area contributed by atoms with E-state index in [0.717, 1.165) is 5.06 Å². The number of hydrogen-bond donors (Lipinski definition) is 2. The molecule has 1 aromatic rings. The fourth-order valence-electron chi connectivity index (χ4n) is 2.96. The largest absolute Gasteiger partial charge is 0.324 e. The highest BCUT2D eigenvalue weighted by Gasteiger charge is 2.52. The standard InChI is InChI=1S/C16H20Cl2N5O/c1-15(2)8-12(16(3,4)23(15)24)22-14(20-9-19)21-11-7-5-6-10(17)13(11)18/h5-7,12H,8H2,1-4H3,(H2,20,21,22). The van der Waals surface area contributed by atoms with Gasteiger partial charge in [0, 0.05) is 5.54 Å². The molecule has 0 spiro atoms. The molecule has 24 heavy (non-hydrogen) atoms. The molecule has 0 saturated carbocycles. The molecule has 1 unspecified atom stereocenters. The number of nitrogens with one attached hydrogen (secondary N) is 2. The summed E-state index contributed by atoms with van der Waals surface area (Å²) >= 11 is 12.2. The Bertz CT molecular complexity index is 696. The van der Waals surface area contributed by atoms with Crippen molar-refractivity contribution in [3.63, 3.8) is 0 Å². The molecule has 1 saturated heterocycles. The molecule has 1 radical (unpaired) electrons. The highest BCUT2D eigenvalue weighted by molar-refractivity contribution is 6.44. The molecular weight excluding hydrogens is 349 g/mol. The maximum absolute atomic E-state index is 12.5. The van der Waals surface area contributed by atoms with Gasteiger partial charge in [-0.3, -0.25) is 5.32 Å². The Kier molecular flexibility index (Phi) is 5.31. The number of nitrogens with zero attached hydrogens (tertiary/aromatic N) is 3. The summed E-state index contributed by atoms with van der Waals surface area (Å²) < 4.78 is 0. The van der Waals surface area contributed by atoms with Crippen molar-refractivity contribution in [2.24, 2.45) is 4.99 Å². The van der Waals surface area contributed by atoms with Crippen LogP contribution in [0.2, 0.25) is 10.0 Å². The molecule has 1 aliphatic rings. The fraction of sp³-hybridized carbons (Fsp3) is 0.500. The van der Waals surface area contributed by atoms with E-state index in [1.807, 2.05) is 33.9 Å². The van der Waals surface area contributed by atoms with Gasteiger partial charge in [0.05, 0.1) is 27.3 Å². The molecule has 1 fully saturated rings. The molecule has 6 nitrogen and oxygen atoms in total. The minimum Gasteiger partial charge on any atom is -0.324 e. The number of guanidine groups is 1. The summed E-state index contributed by atoms with van der Waals surface area (Å²) in [5.41, 5.74) is -0.686. The Balaban J connectivity index is 2.32. The van der Waals surface area contributed by atoms with Crippen molar-refractivity contribution in [1.82, 2.24) is 10.4 Å². The van der Waals surface area contributed by atoms with E-state index in [-0.39, 0.29) is 12.0 Å². The molecule has 0 amide bonds. The van der Waals surface area contributed by atoms with Crippen LogP contribution in [0, 0.1) is 11.5 Å². The third-order valence-electron chi connectivity index (χ3n) is 4.25. The highest BCUT2D eigenvalue weighted by atomic mass is 35.5. The van der Waals surface area contributed by atoms with Crippen LogP contribution in [-0.4, -0.2) is 28.1 Å². The topological polar surface area (TPSA) is 83.3 Å². The summed E-state index contributed by atoms with van der Waals surface area (Å²) in [6.07, 6.45) is 2.42. The zero-order valence-corrected chi connectivity index (χ0v) is 15.5. The molecule has 1 atom stereocenters. The van der Waals surface area contributed by atoms with Crippen LogP contribution in [0.3, 0.4) is 0 Å². The predicted molar refractivity (Wildman–Crippen MR) is 95.4 cm³/mol. The number of halogens is 2. The number of aliphatic imine (C=N–C) groups is 1. The van der Waals surface area contributed by atoms with Gasteiger partial charge in [-0.15, -0.1) is 10.3 Å². The summed E-state index contributed by atoms with van der Waals surface area (Å²) in [5, 5.41) is 28.7. The van der Waals surface area contributed by atoms with E-state index < -0.39 is 11.1 Å². The second-order valence-corrected chi connectivity index (χ2v) is 7.71. The molecule has 0 aromatic heterocycles. The van der Waals surface area contributed by atoms with Gasteiger partial charge in [-0.2, -0.15) is 5.26 Å². The lowest BCUT2D eigenvalue weighted by Gasteiger charge is -2.32. The van der Waals surface area contributed by atoms with Gasteiger partial charge in [0.15, 0.2) is 6.19 Å². The predicted octanol–water partition coefficient (Wildman–Crippen LogP) is 3.81. The second-order valence-electron chi connectivity index (χ2n) is 6.92. The molecule has 8 heteroatoms. The molecular formula is C16H20Cl2N5O. The average molecular weight is 369 g/mol. The van der Waals surface area contributed by atoms with Crippen LogP contribution in [-0.2, 0) is 5.21 Å². The number of nitriles is 1. The van der Waals surface area contributed by atoms with Gasteiger partial charge in [0.1, 0.15) is 0 Å². The summed E-state index contributed by atoms with van der Waals surface area (Å²) in [5.74, 6) is 0.228. The first-order valence-electron chi connectivity index (χ1n) is 7.51. The van der Waals surface area contributed by atoms with Crippen molar-refractivity contribution in [1.29, 1.82) is 5.26 Å². The molecule has 0 bridgehead atoms. The zero-order chi connectivity index (χ0) is 18.1. The lowest BCUT2D eigenvalue weighted by Crippen LogP contribution is -2.47. The van der Waals surface area contributed by atoms with Gasteiger partial charge < -0.3 is 5.32 Å². The number of hydrogen-bond acceptors (Lipinski definition) is 3. The lowest BCUT2D eigenvalue weighted by atomic mass is 9.95.